The molecule has 0 amide bonds. The van der Waals surface area contributed by atoms with Gasteiger partial charge in [-0.25, -0.2) is 9.37 Å². The number of ether oxygens (including phenoxy) is 1. The summed E-state index contributed by atoms with van der Waals surface area (Å²) in [5, 5.41) is 18.7. The van der Waals surface area contributed by atoms with Crippen LogP contribution in [0.5, 0.6) is 5.75 Å². The molecular weight excluding hydrogens is 387 g/mol. The minimum absolute atomic E-state index is 0.0516. The number of benzene rings is 1. The van der Waals surface area contributed by atoms with Crippen LogP contribution >= 0.6 is 0 Å². The monoisotopic (exact) mass is 408 g/mol. The summed E-state index contributed by atoms with van der Waals surface area (Å²) in [6, 6.07) is 8.19. The standard InChI is InChI=1S/C20H21FN8O/c21-14-1-3-16(4-2-14)30-17-7-15(23-9-17)11-29-10-12(8-24-29)5-13-6-18(22)25-20-19(13)26-28-27-20/h1-4,6,8,10,15,17,23H,5,7,9,11H2,(H3,22,25,26,27,28)/t15-,17-/m0/s1. The van der Waals surface area contributed by atoms with E-state index in [-0.39, 0.29) is 18.0 Å². The van der Waals surface area contributed by atoms with E-state index in [9.17, 15) is 4.39 Å². The lowest BCUT2D eigenvalue weighted by Gasteiger charge is -2.13. The molecule has 3 aromatic heterocycles. The zero-order chi connectivity index (χ0) is 20.5. The van der Waals surface area contributed by atoms with Crippen molar-refractivity contribution in [1.29, 1.82) is 0 Å². The lowest BCUT2D eigenvalue weighted by Crippen LogP contribution is -2.27. The van der Waals surface area contributed by atoms with Gasteiger partial charge in [0.05, 0.1) is 12.7 Å². The van der Waals surface area contributed by atoms with E-state index >= 15 is 0 Å². The number of aromatic nitrogens is 6. The van der Waals surface area contributed by atoms with Crippen LogP contribution < -0.4 is 15.8 Å². The number of fused-ring (bicyclic) bond motifs is 1. The average molecular weight is 408 g/mol. The predicted octanol–water partition coefficient (Wildman–Crippen LogP) is 1.67. The minimum Gasteiger partial charge on any atom is -0.489 e. The molecule has 154 valence electrons. The van der Waals surface area contributed by atoms with Gasteiger partial charge in [0, 0.05) is 31.6 Å². The van der Waals surface area contributed by atoms with Gasteiger partial charge in [0.2, 0.25) is 5.65 Å². The molecule has 10 heteroatoms. The number of pyridine rings is 1. The van der Waals surface area contributed by atoms with Gasteiger partial charge in [0.1, 0.15) is 29.0 Å². The molecule has 4 N–H and O–H groups in total. The van der Waals surface area contributed by atoms with Gasteiger partial charge in [-0.05, 0) is 41.5 Å². The van der Waals surface area contributed by atoms with E-state index in [4.69, 9.17) is 10.5 Å². The quantitative estimate of drug-likeness (QED) is 0.444. The second-order valence-electron chi connectivity index (χ2n) is 7.48. The van der Waals surface area contributed by atoms with Crippen LogP contribution in [0.25, 0.3) is 11.2 Å². The second kappa shape index (κ2) is 7.71. The number of anilines is 1. The van der Waals surface area contributed by atoms with Crippen molar-refractivity contribution in [2.24, 2.45) is 0 Å². The summed E-state index contributed by atoms with van der Waals surface area (Å²) in [5.41, 5.74) is 9.12. The molecule has 1 aliphatic rings. The molecule has 2 atom stereocenters. The summed E-state index contributed by atoms with van der Waals surface area (Å²) >= 11 is 0. The van der Waals surface area contributed by atoms with Crippen LogP contribution in [0.2, 0.25) is 0 Å². The molecule has 0 aliphatic carbocycles. The maximum Gasteiger partial charge on any atom is 0.203 e. The Kier molecular flexibility index (Phi) is 4.75. The highest BCUT2D eigenvalue weighted by atomic mass is 19.1. The van der Waals surface area contributed by atoms with Crippen molar-refractivity contribution in [2.75, 3.05) is 12.3 Å². The lowest BCUT2D eigenvalue weighted by molar-refractivity contribution is 0.218. The van der Waals surface area contributed by atoms with Crippen molar-refractivity contribution in [1.82, 2.24) is 35.5 Å². The van der Waals surface area contributed by atoms with E-state index in [1.54, 1.807) is 12.1 Å². The van der Waals surface area contributed by atoms with Gasteiger partial charge in [0.15, 0.2) is 0 Å². The third kappa shape index (κ3) is 3.94. The Morgan fingerprint density at radius 2 is 2.10 bits per heavy atom. The number of nitrogens with one attached hydrogen (secondary N) is 2. The predicted molar refractivity (Wildman–Crippen MR) is 108 cm³/mol. The molecule has 4 heterocycles. The largest absolute Gasteiger partial charge is 0.489 e. The highest BCUT2D eigenvalue weighted by Crippen LogP contribution is 2.20. The Morgan fingerprint density at radius 3 is 2.97 bits per heavy atom. The van der Waals surface area contributed by atoms with E-state index < -0.39 is 0 Å². The number of hydrogen-bond donors (Lipinski definition) is 3. The van der Waals surface area contributed by atoms with E-state index in [1.807, 2.05) is 23.1 Å². The fraction of sp³-hybridized carbons (Fsp3) is 0.300. The number of H-pyrrole nitrogens is 1. The van der Waals surface area contributed by atoms with Gasteiger partial charge in [-0.1, -0.05) is 0 Å². The van der Waals surface area contributed by atoms with Crippen LogP contribution in [-0.4, -0.2) is 48.9 Å². The molecule has 9 nitrogen and oxygen atoms in total. The molecule has 0 saturated carbocycles. The van der Waals surface area contributed by atoms with Crippen molar-refractivity contribution in [3.05, 3.63) is 59.7 Å². The van der Waals surface area contributed by atoms with Crippen molar-refractivity contribution in [3.8, 4) is 5.75 Å². The first-order chi connectivity index (χ1) is 14.6. The Morgan fingerprint density at radius 1 is 1.23 bits per heavy atom. The SMILES string of the molecule is Nc1cc(Cc2cnn(C[C@@H]3C[C@H](Oc4ccc(F)cc4)CN3)c2)c2n[nH]nc2n1. The molecule has 5 rings (SSSR count). The number of aromatic amines is 1. The molecule has 0 unspecified atom stereocenters. The molecule has 0 bridgehead atoms. The first-order valence-corrected chi connectivity index (χ1v) is 9.75. The normalized spacial score (nSPS) is 18.8. The highest BCUT2D eigenvalue weighted by Gasteiger charge is 2.26. The Balaban J connectivity index is 1.20. The van der Waals surface area contributed by atoms with Crippen LogP contribution in [0.4, 0.5) is 10.2 Å². The minimum atomic E-state index is -0.266. The summed E-state index contributed by atoms with van der Waals surface area (Å²) in [6.07, 6.45) is 5.43. The topological polar surface area (TPSA) is 120 Å². The molecular formula is C20H21FN8O. The van der Waals surface area contributed by atoms with Crippen LogP contribution in [0.1, 0.15) is 17.5 Å². The molecule has 0 spiro atoms. The van der Waals surface area contributed by atoms with Crippen LogP contribution in [-0.2, 0) is 13.0 Å². The molecule has 1 saturated heterocycles. The van der Waals surface area contributed by atoms with E-state index in [1.165, 1.54) is 12.1 Å². The van der Waals surface area contributed by atoms with Gasteiger partial charge >= 0.3 is 0 Å². The van der Waals surface area contributed by atoms with Gasteiger partial charge < -0.3 is 15.8 Å². The van der Waals surface area contributed by atoms with E-state index in [0.29, 0.717) is 23.6 Å². The molecule has 4 aromatic rings. The molecule has 30 heavy (non-hydrogen) atoms. The second-order valence-corrected chi connectivity index (χ2v) is 7.48. The fourth-order valence-corrected chi connectivity index (χ4v) is 3.81. The summed E-state index contributed by atoms with van der Waals surface area (Å²) in [6.45, 7) is 1.48. The third-order valence-corrected chi connectivity index (χ3v) is 5.18. The lowest BCUT2D eigenvalue weighted by atomic mass is 10.1. The third-order valence-electron chi connectivity index (χ3n) is 5.18. The van der Waals surface area contributed by atoms with Crippen molar-refractivity contribution >= 4 is 17.0 Å². The van der Waals surface area contributed by atoms with Crippen LogP contribution in [0.3, 0.4) is 0 Å². The van der Waals surface area contributed by atoms with Gasteiger partial charge in [-0.3, -0.25) is 4.68 Å². The highest BCUT2D eigenvalue weighted by molar-refractivity contribution is 5.76. The summed E-state index contributed by atoms with van der Waals surface area (Å²) < 4.78 is 20.9. The Labute approximate surface area is 171 Å². The summed E-state index contributed by atoms with van der Waals surface area (Å²) in [7, 11) is 0. The molecule has 1 aliphatic heterocycles. The molecule has 0 radical (unpaired) electrons. The number of nitrogen functional groups attached to an aromatic ring is 1. The van der Waals surface area contributed by atoms with Crippen LogP contribution in [0.15, 0.2) is 42.7 Å². The van der Waals surface area contributed by atoms with Gasteiger partial charge in [0.25, 0.3) is 0 Å². The number of halogens is 1. The van der Waals surface area contributed by atoms with E-state index in [0.717, 1.165) is 36.2 Å². The first kappa shape index (κ1) is 18.5. The zero-order valence-electron chi connectivity index (χ0n) is 16.1. The fourth-order valence-electron chi connectivity index (χ4n) is 3.81. The molecule has 1 fully saturated rings. The van der Waals surface area contributed by atoms with Crippen molar-refractivity contribution in [2.45, 2.75) is 31.5 Å². The Bertz CT molecular complexity index is 1160. The number of nitrogens with zero attached hydrogens (tertiary/aromatic N) is 5. The summed E-state index contributed by atoms with van der Waals surface area (Å²) in [5.74, 6) is 0.833. The van der Waals surface area contributed by atoms with Crippen molar-refractivity contribution in [3.63, 3.8) is 0 Å². The maximum atomic E-state index is 13.0. The van der Waals surface area contributed by atoms with Crippen molar-refractivity contribution < 1.29 is 9.13 Å². The number of hydrogen-bond acceptors (Lipinski definition) is 7. The van der Waals surface area contributed by atoms with Gasteiger partial charge in [-0.15, -0.1) is 5.10 Å². The smallest absolute Gasteiger partial charge is 0.203 e. The molecule has 1 aromatic carbocycles. The first-order valence-electron chi connectivity index (χ1n) is 9.75. The van der Waals surface area contributed by atoms with Gasteiger partial charge in [-0.2, -0.15) is 15.4 Å². The summed E-state index contributed by atoms with van der Waals surface area (Å²) in [4.78, 5) is 4.17. The Hall–Kier alpha value is -3.53. The number of nitrogens with two attached hydrogens (primary N) is 1. The zero-order valence-corrected chi connectivity index (χ0v) is 16.1. The maximum absolute atomic E-state index is 13.0. The van der Waals surface area contributed by atoms with E-state index in [2.05, 4.69) is 30.8 Å². The average Bonchev–Trinajstić information content (AvgIpc) is 3.46. The number of rotatable bonds is 6. The van der Waals surface area contributed by atoms with Crippen LogP contribution in [0, 0.1) is 5.82 Å².